The normalized spacial score (nSPS) is 30.5. The number of ether oxygens (including phenoxy) is 1. The first kappa shape index (κ1) is 16.4. The van der Waals surface area contributed by atoms with Gasteiger partial charge in [-0.1, -0.05) is 48.0 Å². The Hall–Kier alpha value is -1.74. The molecule has 0 aromatic heterocycles. The Morgan fingerprint density at radius 2 is 1.92 bits per heavy atom. The molecule has 0 bridgehead atoms. The van der Waals surface area contributed by atoms with E-state index < -0.39 is 0 Å². The van der Waals surface area contributed by atoms with Crippen LogP contribution < -0.4 is 10.1 Å². The molecule has 1 aliphatic carbocycles. The van der Waals surface area contributed by atoms with Crippen LogP contribution in [0.3, 0.4) is 0 Å². The molecule has 2 nitrogen and oxygen atoms in total. The van der Waals surface area contributed by atoms with Crippen LogP contribution in [0.4, 0.5) is 5.69 Å². The van der Waals surface area contributed by atoms with E-state index in [-0.39, 0.29) is 11.0 Å². The van der Waals surface area contributed by atoms with E-state index in [2.05, 4.69) is 90.6 Å². The van der Waals surface area contributed by atoms with Crippen molar-refractivity contribution in [2.24, 2.45) is 5.92 Å². The molecule has 3 atom stereocenters. The molecule has 0 saturated heterocycles. The van der Waals surface area contributed by atoms with E-state index >= 15 is 0 Å². The summed E-state index contributed by atoms with van der Waals surface area (Å²) in [5.74, 6) is 1.56. The fourth-order valence-corrected chi connectivity index (χ4v) is 5.65. The van der Waals surface area contributed by atoms with Gasteiger partial charge in [0.1, 0.15) is 11.4 Å². The summed E-state index contributed by atoms with van der Waals surface area (Å²) in [6.07, 6.45) is 4.60. The Morgan fingerprint density at radius 1 is 1.12 bits per heavy atom. The zero-order chi connectivity index (χ0) is 18.1. The van der Waals surface area contributed by atoms with E-state index in [4.69, 9.17) is 4.74 Å². The van der Waals surface area contributed by atoms with Crippen molar-refractivity contribution in [3.05, 3.63) is 63.6 Å². The molecule has 2 aromatic carbocycles. The van der Waals surface area contributed by atoms with E-state index in [1.54, 1.807) is 0 Å². The monoisotopic (exact) mass is 409 g/mol. The molecule has 0 amide bonds. The first-order chi connectivity index (χ1) is 12.4. The van der Waals surface area contributed by atoms with Gasteiger partial charge in [0.15, 0.2) is 0 Å². The minimum absolute atomic E-state index is 0.145. The predicted molar refractivity (Wildman–Crippen MR) is 111 cm³/mol. The summed E-state index contributed by atoms with van der Waals surface area (Å²) in [5, 5.41) is 3.86. The molecule has 1 unspecified atom stereocenters. The highest BCUT2D eigenvalue weighted by Crippen LogP contribution is 2.54. The molecule has 1 fully saturated rings. The van der Waals surface area contributed by atoms with Crippen LogP contribution in [-0.2, 0) is 5.41 Å². The molecule has 134 valence electrons. The SMILES string of the molecule is CC12CC[C@@H]3[C@H](Nc4ccccc4C3(C)C)C1=Cc1cc(Br)ccc1O2. The molecule has 1 N–H and O–H groups in total. The topological polar surface area (TPSA) is 21.3 Å². The zero-order valence-corrected chi connectivity index (χ0v) is 17.1. The average Bonchev–Trinajstić information content (AvgIpc) is 2.60. The van der Waals surface area contributed by atoms with Gasteiger partial charge in [-0.05, 0) is 72.6 Å². The summed E-state index contributed by atoms with van der Waals surface area (Å²) in [6.45, 7) is 7.07. The second-order valence-electron chi connectivity index (χ2n) is 8.65. The van der Waals surface area contributed by atoms with Gasteiger partial charge in [0.05, 0.1) is 6.04 Å². The summed E-state index contributed by atoms with van der Waals surface area (Å²) < 4.78 is 7.65. The summed E-state index contributed by atoms with van der Waals surface area (Å²) in [6, 6.07) is 15.4. The lowest BCUT2D eigenvalue weighted by molar-refractivity contribution is 0.0603. The molecule has 1 saturated carbocycles. The molecule has 2 aliphatic heterocycles. The third kappa shape index (κ3) is 2.22. The molecule has 0 spiro atoms. The number of anilines is 1. The molecule has 26 heavy (non-hydrogen) atoms. The standard InChI is InChI=1S/C23H24BrNO/c1-22(2)16-6-4-5-7-19(16)25-21-17(22)10-11-23(3)18(21)13-14-12-15(24)8-9-20(14)26-23/h4-9,12-13,17,21,25H,10-11H2,1-3H3/t17-,21+,23?/m1/s1. The summed E-state index contributed by atoms with van der Waals surface area (Å²) in [5.41, 5.74) is 5.19. The minimum atomic E-state index is -0.225. The number of para-hydroxylation sites is 1. The molecular formula is C23H24BrNO. The third-order valence-electron chi connectivity index (χ3n) is 6.76. The summed E-state index contributed by atoms with van der Waals surface area (Å²) in [7, 11) is 0. The zero-order valence-electron chi connectivity index (χ0n) is 15.5. The van der Waals surface area contributed by atoms with Crippen molar-refractivity contribution >= 4 is 27.7 Å². The van der Waals surface area contributed by atoms with E-state index in [0.717, 1.165) is 16.6 Å². The highest BCUT2D eigenvalue weighted by molar-refractivity contribution is 9.10. The maximum absolute atomic E-state index is 6.55. The lowest BCUT2D eigenvalue weighted by Crippen LogP contribution is -2.57. The minimum Gasteiger partial charge on any atom is -0.482 e. The molecule has 0 radical (unpaired) electrons. The number of fused-ring (bicyclic) bond motifs is 5. The van der Waals surface area contributed by atoms with Crippen LogP contribution in [0.1, 0.15) is 44.7 Å². The van der Waals surface area contributed by atoms with Crippen molar-refractivity contribution in [3.63, 3.8) is 0 Å². The maximum Gasteiger partial charge on any atom is 0.130 e. The smallest absolute Gasteiger partial charge is 0.130 e. The highest BCUT2D eigenvalue weighted by Gasteiger charge is 2.52. The molecule has 5 rings (SSSR count). The molecule has 3 aliphatic rings. The van der Waals surface area contributed by atoms with Crippen LogP contribution >= 0.6 is 15.9 Å². The quantitative estimate of drug-likeness (QED) is 0.561. The second kappa shape index (κ2) is 5.39. The maximum atomic E-state index is 6.55. The first-order valence-corrected chi connectivity index (χ1v) is 10.2. The van der Waals surface area contributed by atoms with Crippen molar-refractivity contribution in [2.75, 3.05) is 5.32 Å². The fraction of sp³-hybridized carbons (Fsp3) is 0.391. The van der Waals surface area contributed by atoms with Crippen LogP contribution in [0.25, 0.3) is 6.08 Å². The van der Waals surface area contributed by atoms with Gasteiger partial charge < -0.3 is 10.1 Å². The largest absolute Gasteiger partial charge is 0.482 e. The third-order valence-corrected chi connectivity index (χ3v) is 7.25. The first-order valence-electron chi connectivity index (χ1n) is 9.45. The van der Waals surface area contributed by atoms with E-state index in [9.17, 15) is 0 Å². The number of nitrogens with one attached hydrogen (secondary N) is 1. The van der Waals surface area contributed by atoms with Crippen LogP contribution in [0, 0.1) is 5.92 Å². The Balaban J connectivity index is 1.66. The lowest BCUT2D eigenvalue weighted by atomic mass is 9.58. The van der Waals surface area contributed by atoms with Crippen molar-refractivity contribution in [1.29, 1.82) is 0 Å². The molecular weight excluding hydrogens is 386 g/mol. The van der Waals surface area contributed by atoms with Crippen LogP contribution in [0.2, 0.25) is 0 Å². The lowest BCUT2D eigenvalue weighted by Gasteiger charge is -2.54. The Kier molecular flexibility index (Phi) is 3.40. The Morgan fingerprint density at radius 3 is 2.77 bits per heavy atom. The van der Waals surface area contributed by atoms with Crippen molar-refractivity contribution < 1.29 is 4.74 Å². The van der Waals surface area contributed by atoms with Crippen molar-refractivity contribution in [3.8, 4) is 5.75 Å². The van der Waals surface area contributed by atoms with Crippen LogP contribution in [0.5, 0.6) is 5.75 Å². The van der Waals surface area contributed by atoms with Gasteiger partial charge in [-0.3, -0.25) is 0 Å². The number of hydrogen-bond donors (Lipinski definition) is 1. The summed E-state index contributed by atoms with van der Waals surface area (Å²) in [4.78, 5) is 0. The van der Waals surface area contributed by atoms with Gasteiger partial charge in [0.2, 0.25) is 0 Å². The Bertz CT molecular complexity index is 932. The molecule has 2 aromatic rings. The van der Waals surface area contributed by atoms with E-state index in [1.807, 2.05) is 0 Å². The van der Waals surface area contributed by atoms with E-state index in [0.29, 0.717) is 12.0 Å². The molecule has 3 heteroatoms. The predicted octanol–water partition coefficient (Wildman–Crippen LogP) is 6.17. The number of benzene rings is 2. The number of hydrogen-bond acceptors (Lipinski definition) is 2. The van der Waals surface area contributed by atoms with Gasteiger partial charge in [0, 0.05) is 15.7 Å². The number of rotatable bonds is 0. The van der Waals surface area contributed by atoms with Gasteiger partial charge in [-0.2, -0.15) is 0 Å². The van der Waals surface area contributed by atoms with Crippen molar-refractivity contribution in [1.82, 2.24) is 0 Å². The Labute approximate surface area is 163 Å². The summed E-state index contributed by atoms with van der Waals surface area (Å²) >= 11 is 3.60. The van der Waals surface area contributed by atoms with Gasteiger partial charge in [-0.15, -0.1) is 0 Å². The highest BCUT2D eigenvalue weighted by atomic mass is 79.9. The average molecular weight is 410 g/mol. The number of halogens is 1. The van der Waals surface area contributed by atoms with E-state index in [1.165, 1.54) is 28.8 Å². The van der Waals surface area contributed by atoms with Gasteiger partial charge >= 0.3 is 0 Å². The molecule has 2 heterocycles. The van der Waals surface area contributed by atoms with Gasteiger partial charge in [-0.25, -0.2) is 0 Å². The second-order valence-corrected chi connectivity index (χ2v) is 9.56. The van der Waals surface area contributed by atoms with Crippen LogP contribution in [0.15, 0.2) is 52.5 Å². The van der Waals surface area contributed by atoms with Crippen molar-refractivity contribution in [2.45, 2.75) is 50.7 Å². The van der Waals surface area contributed by atoms with Gasteiger partial charge in [0.25, 0.3) is 0 Å². The fourth-order valence-electron chi connectivity index (χ4n) is 5.27. The van der Waals surface area contributed by atoms with Crippen LogP contribution in [-0.4, -0.2) is 11.6 Å².